The molecule has 0 spiro atoms. The van der Waals surface area contributed by atoms with Crippen molar-refractivity contribution in [3.63, 3.8) is 0 Å². The van der Waals surface area contributed by atoms with Crippen LogP contribution in [-0.4, -0.2) is 23.0 Å². The lowest BCUT2D eigenvalue weighted by Gasteiger charge is -2.05. The van der Waals surface area contributed by atoms with E-state index in [1.165, 1.54) is 17.7 Å². The van der Waals surface area contributed by atoms with Gasteiger partial charge in [-0.2, -0.15) is 0 Å². The zero-order chi connectivity index (χ0) is 16.1. The maximum absolute atomic E-state index is 12.2. The zero-order valence-corrected chi connectivity index (χ0v) is 13.3. The Bertz CT molecular complexity index is 802. The number of nitrogens with zero attached hydrogens (tertiary/aromatic N) is 2. The minimum atomic E-state index is -0.0645. The number of nitrogens with one attached hydrogen (secondary N) is 1. The van der Waals surface area contributed by atoms with Crippen LogP contribution in [0.4, 0.5) is 5.69 Å². The van der Waals surface area contributed by atoms with Crippen molar-refractivity contribution in [2.24, 2.45) is 0 Å². The van der Waals surface area contributed by atoms with Gasteiger partial charge >= 0.3 is 0 Å². The van der Waals surface area contributed by atoms with Gasteiger partial charge in [0.1, 0.15) is 12.1 Å². The lowest BCUT2D eigenvalue weighted by Crippen LogP contribution is -2.13. The number of methoxy groups -OCH3 is 1. The largest absolute Gasteiger partial charge is 0.497 e. The van der Waals surface area contributed by atoms with Gasteiger partial charge in [0.2, 0.25) is 5.91 Å². The lowest BCUT2D eigenvalue weighted by atomic mass is 10.1. The molecule has 3 rings (SSSR count). The summed E-state index contributed by atoms with van der Waals surface area (Å²) in [6.07, 6.45) is 3.51. The molecule has 1 amide bonds. The van der Waals surface area contributed by atoms with Gasteiger partial charge in [0.05, 0.1) is 29.8 Å². The average molecular weight is 325 g/mol. The Labute approximate surface area is 138 Å². The van der Waals surface area contributed by atoms with Crippen molar-refractivity contribution in [1.82, 2.24) is 9.97 Å². The Kier molecular flexibility index (Phi) is 4.63. The Morgan fingerprint density at radius 3 is 3.00 bits per heavy atom. The Morgan fingerprint density at radius 2 is 2.22 bits per heavy atom. The van der Waals surface area contributed by atoms with Crippen LogP contribution in [0.15, 0.2) is 54.3 Å². The Balaban J connectivity index is 1.65. The number of carbonyl (C=O) groups is 1. The van der Waals surface area contributed by atoms with Crippen LogP contribution in [0.3, 0.4) is 0 Å². The summed E-state index contributed by atoms with van der Waals surface area (Å²) in [5.41, 5.74) is 2.53. The molecule has 0 unspecified atom stereocenters. The van der Waals surface area contributed by atoms with Crippen molar-refractivity contribution in [1.29, 1.82) is 0 Å². The summed E-state index contributed by atoms with van der Waals surface area (Å²) < 4.78 is 5.16. The summed E-state index contributed by atoms with van der Waals surface area (Å²) in [5, 5.41) is 4.81. The predicted molar refractivity (Wildman–Crippen MR) is 90.7 cm³/mol. The Hall–Kier alpha value is -2.73. The molecule has 0 aliphatic rings. The van der Waals surface area contributed by atoms with E-state index in [1.807, 2.05) is 41.8 Å². The molecule has 0 fully saturated rings. The second kappa shape index (κ2) is 7.02. The highest BCUT2D eigenvalue weighted by Crippen LogP contribution is 2.28. The van der Waals surface area contributed by atoms with Crippen LogP contribution < -0.4 is 10.1 Å². The number of thiophene rings is 1. The van der Waals surface area contributed by atoms with Crippen LogP contribution in [0.5, 0.6) is 5.75 Å². The molecule has 23 heavy (non-hydrogen) atoms. The molecule has 0 bridgehead atoms. The molecule has 0 aliphatic heterocycles. The first kappa shape index (κ1) is 15.2. The number of anilines is 1. The maximum Gasteiger partial charge on any atom is 0.228 e. The van der Waals surface area contributed by atoms with E-state index in [9.17, 15) is 4.79 Å². The summed E-state index contributed by atoms with van der Waals surface area (Å²) in [6.45, 7) is 0. The van der Waals surface area contributed by atoms with Crippen LogP contribution in [0.25, 0.3) is 10.6 Å². The van der Waals surface area contributed by atoms with Gasteiger partial charge in [-0.15, -0.1) is 11.3 Å². The fraction of sp³-hybridized carbons (Fsp3) is 0.118. The number of amides is 1. The van der Waals surface area contributed by atoms with E-state index in [1.54, 1.807) is 13.3 Å². The van der Waals surface area contributed by atoms with Gasteiger partial charge in [-0.05, 0) is 29.8 Å². The standard InChI is InChI=1S/C17H15N3O2S/c1-22-14-4-2-3-12(7-14)8-17(21)20-13-9-16(23-10-13)15-5-6-18-11-19-15/h2-7,9-11H,8H2,1H3,(H,20,21). The molecule has 5 nitrogen and oxygen atoms in total. The summed E-state index contributed by atoms with van der Waals surface area (Å²) in [5.74, 6) is 0.683. The van der Waals surface area contributed by atoms with Gasteiger partial charge in [0, 0.05) is 11.6 Å². The quantitative estimate of drug-likeness (QED) is 0.781. The van der Waals surface area contributed by atoms with Gasteiger partial charge in [0.25, 0.3) is 0 Å². The molecule has 0 radical (unpaired) electrons. The van der Waals surface area contributed by atoms with Gasteiger partial charge in [-0.3, -0.25) is 4.79 Å². The minimum absolute atomic E-state index is 0.0645. The fourth-order valence-electron chi connectivity index (χ4n) is 2.15. The second-order valence-electron chi connectivity index (χ2n) is 4.87. The number of ether oxygens (including phenoxy) is 1. The van der Waals surface area contributed by atoms with Gasteiger partial charge in [0.15, 0.2) is 0 Å². The molecule has 0 aliphatic carbocycles. The third-order valence-electron chi connectivity index (χ3n) is 3.22. The smallest absolute Gasteiger partial charge is 0.228 e. The first-order valence-corrected chi connectivity index (χ1v) is 7.90. The minimum Gasteiger partial charge on any atom is -0.497 e. The average Bonchev–Trinajstić information content (AvgIpc) is 3.04. The van der Waals surface area contributed by atoms with E-state index in [4.69, 9.17) is 4.74 Å². The first-order chi connectivity index (χ1) is 11.2. The lowest BCUT2D eigenvalue weighted by molar-refractivity contribution is -0.115. The molecule has 6 heteroatoms. The monoisotopic (exact) mass is 325 g/mol. The van der Waals surface area contributed by atoms with Crippen LogP contribution in [0.2, 0.25) is 0 Å². The first-order valence-electron chi connectivity index (χ1n) is 7.02. The summed E-state index contributed by atoms with van der Waals surface area (Å²) in [7, 11) is 1.61. The maximum atomic E-state index is 12.2. The van der Waals surface area contributed by atoms with E-state index in [0.29, 0.717) is 6.42 Å². The van der Waals surface area contributed by atoms with Crippen molar-refractivity contribution >= 4 is 22.9 Å². The van der Waals surface area contributed by atoms with Crippen molar-refractivity contribution in [3.8, 4) is 16.3 Å². The van der Waals surface area contributed by atoms with Crippen molar-refractivity contribution in [2.45, 2.75) is 6.42 Å². The third kappa shape index (κ3) is 3.92. The highest BCUT2D eigenvalue weighted by molar-refractivity contribution is 7.14. The molecule has 2 heterocycles. The van der Waals surface area contributed by atoms with Crippen molar-refractivity contribution in [2.75, 3.05) is 12.4 Å². The number of benzene rings is 1. The molecule has 1 N–H and O–H groups in total. The molecule has 3 aromatic rings. The zero-order valence-electron chi connectivity index (χ0n) is 12.5. The highest BCUT2D eigenvalue weighted by Gasteiger charge is 2.08. The normalized spacial score (nSPS) is 10.3. The molecular weight excluding hydrogens is 310 g/mol. The van der Waals surface area contributed by atoms with E-state index >= 15 is 0 Å². The SMILES string of the molecule is COc1cccc(CC(=O)Nc2csc(-c3ccncn3)c2)c1. The molecule has 2 aromatic heterocycles. The summed E-state index contributed by atoms with van der Waals surface area (Å²) in [6, 6.07) is 11.2. The third-order valence-corrected chi connectivity index (χ3v) is 4.17. The van der Waals surface area contributed by atoms with E-state index in [2.05, 4.69) is 15.3 Å². The number of hydrogen-bond donors (Lipinski definition) is 1. The number of carbonyl (C=O) groups excluding carboxylic acids is 1. The predicted octanol–water partition coefficient (Wildman–Crippen LogP) is 3.39. The Morgan fingerprint density at radius 1 is 1.30 bits per heavy atom. The van der Waals surface area contributed by atoms with E-state index in [-0.39, 0.29) is 5.91 Å². The van der Waals surface area contributed by atoms with Gasteiger partial charge < -0.3 is 10.1 Å². The van der Waals surface area contributed by atoms with Gasteiger partial charge in [-0.1, -0.05) is 12.1 Å². The van der Waals surface area contributed by atoms with Crippen molar-refractivity contribution < 1.29 is 9.53 Å². The molecule has 1 aromatic carbocycles. The summed E-state index contributed by atoms with van der Waals surface area (Å²) >= 11 is 1.53. The number of aromatic nitrogens is 2. The van der Waals surface area contributed by atoms with Crippen molar-refractivity contribution in [3.05, 3.63) is 59.9 Å². The van der Waals surface area contributed by atoms with Crippen LogP contribution in [-0.2, 0) is 11.2 Å². The molecule has 0 saturated carbocycles. The molecular formula is C17H15N3O2S. The fourth-order valence-corrected chi connectivity index (χ4v) is 2.96. The second-order valence-corrected chi connectivity index (χ2v) is 5.78. The number of hydrogen-bond acceptors (Lipinski definition) is 5. The van der Waals surface area contributed by atoms with Crippen LogP contribution >= 0.6 is 11.3 Å². The van der Waals surface area contributed by atoms with Crippen LogP contribution in [0, 0.1) is 0 Å². The molecule has 0 saturated heterocycles. The van der Waals surface area contributed by atoms with E-state index in [0.717, 1.165) is 27.6 Å². The van der Waals surface area contributed by atoms with E-state index < -0.39 is 0 Å². The van der Waals surface area contributed by atoms with Crippen LogP contribution in [0.1, 0.15) is 5.56 Å². The molecule has 0 atom stereocenters. The topological polar surface area (TPSA) is 64.1 Å². The summed E-state index contributed by atoms with van der Waals surface area (Å²) in [4.78, 5) is 21.2. The highest BCUT2D eigenvalue weighted by atomic mass is 32.1. The number of rotatable bonds is 5. The van der Waals surface area contributed by atoms with Gasteiger partial charge in [-0.25, -0.2) is 9.97 Å². The molecule has 116 valence electrons.